The molecule has 1 aliphatic rings. The number of nitrogen functional groups attached to an aromatic ring is 1. The van der Waals surface area contributed by atoms with Gasteiger partial charge in [-0.15, -0.1) is 0 Å². The second-order valence-corrected chi connectivity index (χ2v) is 7.24. The number of nitrogens with one attached hydrogen (secondary N) is 1. The number of aromatic nitrogens is 3. The van der Waals surface area contributed by atoms with Crippen molar-refractivity contribution in [3.63, 3.8) is 0 Å². The molecule has 0 bridgehead atoms. The molecule has 8 nitrogen and oxygen atoms in total. The first-order chi connectivity index (χ1) is 13.4. The van der Waals surface area contributed by atoms with E-state index in [0.717, 1.165) is 34.9 Å². The lowest BCUT2D eigenvalue weighted by Gasteiger charge is -2.22. The zero-order chi connectivity index (χ0) is 20.0. The number of rotatable bonds is 5. The van der Waals surface area contributed by atoms with Crippen molar-refractivity contribution in [3.8, 4) is 0 Å². The van der Waals surface area contributed by atoms with E-state index in [-0.39, 0.29) is 35.0 Å². The number of fused-ring (bicyclic) bond motifs is 1. The van der Waals surface area contributed by atoms with Crippen LogP contribution in [0, 0.1) is 6.92 Å². The van der Waals surface area contributed by atoms with Gasteiger partial charge >= 0.3 is 0 Å². The van der Waals surface area contributed by atoms with Crippen molar-refractivity contribution >= 4 is 28.4 Å². The van der Waals surface area contributed by atoms with Crippen LogP contribution in [0.5, 0.6) is 0 Å². The van der Waals surface area contributed by atoms with Gasteiger partial charge in [0.05, 0.1) is 17.0 Å². The van der Waals surface area contributed by atoms with E-state index in [1.54, 1.807) is 0 Å². The maximum atomic E-state index is 13.3. The SMILES string of the molecule is Cc1cccc2cc(C(C)Nc3nc(N)ncc3C(N)=O)n(C3CC3)c(=O)c12. The van der Waals surface area contributed by atoms with E-state index < -0.39 is 5.91 Å². The van der Waals surface area contributed by atoms with Crippen LogP contribution in [0.4, 0.5) is 11.8 Å². The lowest BCUT2D eigenvalue weighted by atomic mass is 10.0. The van der Waals surface area contributed by atoms with Crippen molar-refractivity contribution in [2.24, 2.45) is 5.73 Å². The Bertz CT molecular complexity index is 1150. The molecule has 4 rings (SSSR count). The molecule has 144 valence electrons. The zero-order valence-electron chi connectivity index (χ0n) is 15.8. The van der Waals surface area contributed by atoms with Gasteiger partial charge in [-0.2, -0.15) is 4.98 Å². The molecule has 1 unspecified atom stereocenters. The molecule has 8 heteroatoms. The fraction of sp³-hybridized carbons (Fsp3) is 0.300. The molecule has 1 amide bonds. The summed E-state index contributed by atoms with van der Waals surface area (Å²) in [6, 6.07) is 7.75. The summed E-state index contributed by atoms with van der Waals surface area (Å²) in [4.78, 5) is 32.9. The molecule has 5 N–H and O–H groups in total. The number of amides is 1. The Morgan fingerprint density at radius 1 is 1.36 bits per heavy atom. The highest BCUT2D eigenvalue weighted by Gasteiger charge is 2.29. The number of nitrogens with zero attached hydrogens (tertiary/aromatic N) is 3. The number of nitrogens with two attached hydrogens (primary N) is 2. The Morgan fingerprint density at radius 3 is 2.79 bits per heavy atom. The average Bonchev–Trinajstić information content (AvgIpc) is 3.46. The third-order valence-electron chi connectivity index (χ3n) is 5.10. The molecule has 1 atom stereocenters. The van der Waals surface area contributed by atoms with E-state index in [4.69, 9.17) is 11.5 Å². The highest BCUT2D eigenvalue weighted by Crippen LogP contribution is 2.37. The molecule has 0 spiro atoms. The van der Waals surface area contributed by atoms with Crippen LogP contribution in [-0.4, -0.2) is 20.4 Å². The van der Waals surface area contributed by atoms with Gasteiger partial charge < -0.3 is 21.4 Å². The second-order valence-electron chi connectivity index (χ2n) is 7.24. The lowest BCUT2D eigenvalue weighted by molar-refractivity contribution is 0.100. The molecule has 1 fully saturated rings. The van der Waals surface area contributed by atoms with E-state index >= 15 is 0 Å². The fourth-order valence-electron chi connectivity index (χ4n) is 3.58. The van der Waals surface area contributed by atoms with Gasteiger partial charge in [0, 0.05) is 17.9 Å². The van der Waals surface area contributed by atoms with Gasteiger partial charge in [0.2, 0.25) is 5.95 Å². The number of carbonyl (C=O) groups excluding carboxylic acids is 1. The van der Waals surface area contributed by atoms with E-state index in [1.165, 1.54) is 6.20 Å². The van der Waals surface area contributed by atoms with Gasteiger partial charge in [-0.05, 0) is 43.7 Å². The molecule has 0 aliphatic heterocycles. The van der Waals surface area contributed by atoms with Crippen molar-refractivity contribution in [1.29, 1.82) is 0 Å². The maximum absolute atomic E-state index is 13.3. The maximum Gasteiger partial charge on any atom is 0.259 e. The predicted molar refractivity (Wildman–Crippen MR) is 108 cm³/mol. The number of carbonyl (C=O) groups is 1. The molecule has 28 heavy (non-hydrogen) atoms. The predicted octanol–water partition coefficient (Wildman–Crippen LogP) is 2.29. The third-order valence-corrected chi connectivity index (χ3v) is 5.10. The molecule has 1 aromatic carbocycles. The van der Waals surface area contributed by atoms with Crippen molar-refractivity contribution in [2.75, 3.05) is 11.1 Å². The van der Waals surface area contributed by atoms with Crippen LogP contribution in [0.3, 0.4) is 0 Å². The van der Waals surface area contributed by atoms with E-state index in [9.17, 15) is 9.59 Å². The van der Waals surface area contributed by atoms with E-state index in [1.807, 2.05) is 42.7 Å². The van der Waals surface area contributed by atoms with Crippen molar-refractivity contribution in [3.05, 3.63) is 57.6 Å². The van der Waals surface area contributed by atoms with Crippen LogP contribution in [0.15, 0.2) is 35.3 Å². The quantitative estimate of drug-likeness (QED) is 0.625. The van der Waals surface area contributed by atoms with Crippen molar-refractivity contribution in [1.82, 2.24) is 14.5 Å². The van der Waals surface area contributed by atoms with Crippen LogP contribution in [0.1, 0.15) is 53.5 Å². The van der Waals surface area contributed by atoms with Gasteiger partial charge in [0.1, 0.15) is 5.82 Å². The van der Waals surface area contributed by atoms with Crippen LogP contribution < -0.4 is 22.3 Å². The summed E-state index contributed by atoms with van der Waals surface area (Å²) in [5.41, 5.74) is 13.1. The monoisotopic (exact) mass is 378 g/mol. The second kappa shape index (κ2) is 6.63. The van der Waals surface area contributed by atoms with Gasteiger partial charge in [0.25, 0.3) is 11.5 Å². The number of hydrogen-bond donors (Lipinski definition) is 3. The smallest absolute Gasteiger partial charge is 0.259 e. The highest BCUT2D eigenvalue weighted by molar-refractivity contribution is 5.97. The van der Waals surface area contributed by atoms with Crippen LogP contribution >= 0.6 is 0 Å². The number of aryl methyl sites for hydroxylation is 1. The Hall–Kier alpha value is -3.42. The van der Waals surface area contributed by atoms with Gasteiger partial charge in [-0.1, -0.05) is 18.2 Å². The Morgan fingerprint density at radius 2 is 2.11 bits per heavy atom. The molecular formula is C20H22N6O2. The van der Waals surface area contributed by atoms with Crippen LogP contribution in [0.2, 0.25) is 0 Å². The third kappa shape index (κ3) is 3.06. The minimum atomic E-state index is -0.650. The summed E-state index contributed by atoms with van der Waals surface area (Å²) in [6.45, 7) is 3.86. The van der Waals surface area contributed by atoms with Gasteiger partial charge in [-0.3, -0.25) is 9.59 Å². The molecule has 2 aromatic heterocycles. The first kappa shape index (κ1) is 18.0. The number of pyridine rings is 1. The largest absolute Gasteiger partial charge is 0.368 e. The minimum Gasteiger partial charge on any atom is -0.368 e. The Kier molecular flexibility index (Phi) is 4.26. The standard InChI is InChI=1S/C20H22N6O2/c1-10-4-3-5-12-8-15(26(13-6-7-13)19(28)16(10)12)11(2)24-18-14(17(21)27)9-23-20(22)25-18/h3-5,8-9,11,13H,6-7H2,1-2H3,(H2,21,27)(H3,22,23,24,25). The normalized spacial score (nSPS) is 14.8. The number of primary amides is 1. The zero-order valence-corrected chi connectivity index (χ0v) is 15.8. The summed E-state index contributed by atoms with van der Waals surface area (Å²) in [5, 5.41) is 4.82. The summed E-state index contributed by atoms with van der Waals surface area (Å²) in [7, 11) is 0. The average molecular weight is 378 g/mol. The summed E-state index contributed by atoms with van der Waals surface area (Å²) in [5.74, 6) is -0.358. The summed E-state index contributed by atoms with van der Waals surface area (Å²) >= 11 is 0. The van der Waals surface area contributed by atoms with Crippen LogP contribution in [-0.2, 0) is 0 Å². The summed E-state index contributed by atoms with van der Waals surface area (Å²) < 4.78 is 1.86. The van der Waals surface area contributed by atoms with E-state index in [0.29, 0.717) is 0 Å². The Labute approximate surface area is 161 Å². The van der Waals surface area contributed by atoms with E-state index in [2.05, 4.69) is 15.3 Å². The molecule has 1 saturated carbocycles. The molecule has 3 aromatic rings. The highest BCUT2D eigenvalue weighted by atomic mass is 16.1. The molecule has 2 heterocycles. The lowest BCUT2D eigenvalue weighted by Crippen LogP contribution is -2.27. The Balaban J connectivity index is 1.83. The number of hydrogen-bond acceptors (Lipinski definition) is 6. The fourth-order valence-corrected chi connectivity index (χ4v) is 3.58. The molecular weight excluding hydrogens is 356 g/mol. The topological polar surface area (TPSA) is 129 Å². The molecule has 1 aliphatic carbocycles. The van der Waals surface area contributed by atoms with Gasteiger partial charge in [0.15, 0.2) is 0 Å². The minimum absolute atomic E-state index is 0.0130. The van der Waals surface area contributed by atoms with Crippen molar-refractivity contribution in [2.45, 2.75) is 38.8 Å². The molecule has 0 saturated heterocycles. The number of anilines is 2. The number of benzene rings is 1. The van der Waals surface area contributed by atoms with Gasteiger partial charge in [-0.25, -0.2) is 4.98 Å². The first-order valence-corrected chi connectivity index (χ1v) is 9.20. The van der Waals surface area contributed by atoms with Crippen molar-refractivity contribution < 1.29 is 4.79 Å². The molecule has 0 radical (unpaired) electrons. The first-order valence-electron chi connectivity index (χ1n) is 9.20. The van der Waals surface area contributed by atoms with Crippen LogP contribution in [0.25, 0.3) is 10.8 Å². The summed E-state index contributed by atoms with van der Waals surface area (Å²) in [6.07, 6.45) is 3.26.